The highest BCUT2D eigenvalue weighted by molar-refractivity contribution is 5.28. The number of hydrogen-bond acceptors (Lipinski definition) is 3. The lowest BCUT2D eigenvalue weighted by molar-refractivity contribution is 0.139. The molecule has 0 aliphatic carbocycles. The Morgan fingerprint density at radius 2 is 2.00 bits per heavy atom. The summed E-state index contributed by atoms with van der Waals surface area (Å²) in [6, 6.07) is 9.54. The van der Waals surface area contributed by atoms with E-state index in [0.717, 1.165) is 26.1 Å². The molecule has 1 saturated heterocycles. The molecule has 1 heterocycles. The topological polar surface area (TPSA) is 38.5 Å². The largest absolute Gasteiger partial charge is 0.383 e. The van der Waals surface area contributed by atoms with E-state index in [0.29, 0.717) is 12.0 Å². The molecule has 2 N–H and O–H groups in total. The maximum Gasteiger partial charge on any atom is 0.0589 e. The molecule has 1 aromatic rings. The molecular formula is C16H26N2O. The second kappa shape index (κ2) is 6.51. The Balaban J connectivity index is 2.13. The van der Waals surface area contributed by atoms with E-state index in [4.69, 9.17) is 10.5 Å². The molecule has 106 valence electrons. The molecule has 1 aliphatic heterocycles. The molecule has 0 spiro atoms. The van der Waals surface area contributed by atoms with Gasteiger partial charge in [-0.25, -0.2) is 0 Å². The number of rotatable bonds is 5. The van der Waals surface area contributed by atoms with Crippen LogP contribution in [0.15, 0.2) is 24.3 Å². The van der Waals surface area contributed by atoms with E-state index >= 15 is 0 Å². The van der Waals surface area contributed by atoms with Crippen LogP contribution in [0.1, 0.15) is 43.4 Å². The molecule has 3 nitrogen and oxygen atoms in total. The van der Waals surface area contributed by atoms with E-state index in [2.05, 4.69) is 43.0 Å². The van der Waals surface area contributed by atoms with Gasteiger partial charge >= 0.3 is 0 Å². The second-order valence-electron chi connectivity index (χ2n) is 5.75. The summed E-state index contributed by atoms with van der Waals surface area (Å²) in [5.74, 6) is 0.580. The molecule has 0 bridgehead atoms. The van der Waals surface area contributed by atoms with Crippen LogP contribution < -0.4 is 5.73 Å². The van der Waals surface area contributed by atoms with Gasteiger partial charge in [-0.3, -0.25) is 4.90 Å². The van der Waals surface area contributed by atoms with Crippen molar-refractivity contribution in [3.63, 3.8) is 0 Å². The third-order valence-electron chi connectivity index (χ3n) is 4.08. The van der Waals surface area contributed by atoms with E-state index in [1.165, 1.54) is 11.1 Å². The van der Waals surface area contributed by atoms with Gasteiger partial charge in [-0.15, -0.1) is 0 Å². The fourth-order valence-corrected chi connectivity index (χ4v) is 2.88. The zero-order chi connectivity index (χ0) is 13.8. The molecule has 2 unspecified atom stereocenters. The van der Waals surface area contributed by atoms with Crippen LogP contribution in [0.4, 0.5) is 0 Å². The quantitative estimate of drug-likeness (QED) is 0.886. The maximum atomic E-state index is 6.29. The van der Waals surface area contributed by atoms with Crippen molar-refractivity contribution in [1.82, 2.24) is 4.90 Å². The van der Waals surface area contributed by atoms with Crippen molar-refractivity contribution >= 4 is 0 Å². The van der Waals surface area contributed by atoms with Gasteiger partial charge < -0.3 is 10.5 Å². The van der Waals surface area contributed by atoms with Crippen LogP contribution in [0.25, 0.3) is 0 Å². The Bertz CT molecular complexity index is 388. The molecule has 1 aliphatic rings. The highest BCUT2D eigenvalue weighted by atomic mass is 16.5. The molecule has 2 rings (SSSR count). The highest BCUT2D eigenvalue weighted by Crippen LogP contribution is 2.31. The molecule has 0 amide bonds. The molecular weight excluding hydrogens is 236 g/mol. The normalized spacial score (nSPS) is 24.3. The number of ether oxygens (including phenoxy) is 1. The van der Waals surface area contributed by atoms with E-state index in [1.54, 1.807) is 7.11 Å². The van der Waals surface area contributed by atoms with Crippen molar-refractivity contribution < 1.29 is 4.74 Å². The van der Waals surface area contributed by atoms with Crippen LogP contribution in [0.5, 0.6) is 0 Å². The Labute approximate surface area is 116 Å². The summed E-state index contributed by atoms with van der Waals surface area (Å²) in [4.78, 5) is 2.44. The highest BCUT2D eigenvalue weighted by Gasteiger charge is 2.32. The zero-order valence-corrected chi connectivity index (χ0v) is 12.3. The van der Waals surface area contributed by atoms with Gasteiger partial charge in [-0.05, 0) is 23.5 Å². The molecule has 3 heteroatoms. The van der Waals surface area contributed by atoms with Gasteiger partial charge in [0.1, 0.15) is 0 Å². The average molecular weight is 262 g/mol. The summed E-state index contributed by atoms with van der Waals surface area (Å²) in [6.07, 6.45) is 1.07. The molecule has 2 atom stereocenters. The molecule has 1 aromatic carbocycles. The van der Waals surface area contributed by atoms with Crippen LogP contribution >= 0.6 is 0 Å². The standard InChI is InChI=1S/C16H26N2O/c1-12(2)13-4-6-14(7-5-13)16-15(17)8-9-18(16)10-11-19-3/h4-7,12,15-16H,8-11,17H2,1-3H3. The lowest BCUT2D eigenvalue weighted by Gasteiger charge is -2.27. The Morgan fingerprint density at radius 3 is 2.58 bits per heavy atom. The predicted octanol–water partition coefficient (Wildman–Crippen LogP) is 2.53. The minimum atomic E-state index is 0.238. The lowest BCUT2D eigenvalue weighted by Crippen LogP contribution is -2.33. The first kappa shape index (κ1) is 14.5. The summed E-state index contributed by atoms with van der Waals surface area (Å²) < 4.78 is 5.19. The average Bonchev–Trinajstić information content (AvgIpc) is 2.77. The molecule has 19 heavy (non-hydrogen) atoms. The number of hydrogen-bond donors (Lipinski definition) is 1. The third-order valence-corrected chi connectivity index (χ3v) is 4.08. The van der Waals surface area contributed by atoms with Gasteiger partial charge in [-0.2, -0.15) is 0 Å². The van der Waals surface area contributed by atoms with E-state index < -0.39 is 0 Å². The Hall–Kier alpha value is -0.900. The second-order valence-corrected chi connectivity index (χ2v) is 5.75. The van der Waals surface area contributed by atoms with Crippen molar-refractivity contribution in [3.05, 3.63) is 35.4 Å². The fraction of sp³-hybridized carbons (Fsp3) is 0.625. The molecule has 0 aromatic heterocycles. The van der Waals surface area contributed by atoms with Gasteiger partial charge in [-0.1, -0.05) is 38.1 Å². The minimum absolute atomic E-state index is 0.238. The number of likely N-dealkylation sites (tertiary alicyclic amines) is 1. The summed E-state index contributed by atoms with van der Waals surface area (Å²) in [5.41, 5.74) is 9.01. The van der Waals surface area contributed by atoms with Gasteiger partial charge in [0.05, 0.1) is 12.6 Å². The smallest absolute Gasteiger partial charge is 0.0589 e. The van der Waals surface area contributed by atoms with Crippen molar-refractivity contribution in [2.45, 2.75) is 38.3 Å². The number of nitrogens with two attached hydrogens (primary N) is 1. The molecule has 1 fully saturated rings. The first-order valence-electron chi connectivity index (χ1n) is 7.22. The first-order chi connectivity index (χ1) is 9.13. The monoisotopic (exact) mass is 262 g/mol. The Kier molecular flexibility index (Phi) is 4.97. The van der Waals surface area contributed by atoms with Gasteiger partial charge in [0.25, 0.3) is 0 Å². The third kappa shape index (κ3) is 3.35. The van der Waals surface area contributed by atoms with Crippen LogP contribution in [-0.2, 0) is 4.74 Å². The number of benzene rings is 1. The summed E-state index contributed by atoms with van der Waals surface area (Å²) in [7, 11) is 1.75. The van der Waals surface area contributed by atoms with E-state index in [9.17, 15) is 0 Å². The van der Waals surface area contributed by atoms with Gasteiger partial charge in [0.2, 0.25) is 0 Å². The summed E-state index contributed by atoms with van der Waals surface area (Å²) in [6.45, 7) is 7.25. The van der Waals surface area contributed by atoms with E-state index in [1.807, 2.05) is 0 Å². The van der Waals surface area contributed by atoms with Crippen LogP contribution in [-0.4, -0.2) is 37.7 Å². The molecule has 0 saturated carbocycles. The fourth-order valence-electron chi connectivity index (χ4n) is 2.88. The Morgan fingerprint density at radius 1 is 1.32 bits per heavy atom. The maximum absolute atomic E-state index is 6.29. The lowest BCUT2D eigenvalue weighted by atomic mass is 9.96. The van der Waals surface area contributed by atoms with Crippen molar-refractivity contribution in [1.29, 1.82) is 0 Å². The van der Waals surface area contributed by atoms with Crippen LogP contribution in [0, 0.1) is 0 Å². The van der Waals surface area contributed by atoms with Crippen molar-refractivity contribution in [2.75, 3.05) is 26.8 Å². The zero-order valence-electron chi connectivity index (χ0n) is 12.3. The molecule has 0 radical (unpaired) electrons. The first-order valence-corrected chi connectivity index (χ1v) is 7.22. The predicted molar refractivity (Wildman–Crippen MR) is 79.3 cm³/mol. The van der Waals surface area contributed by atoms with Crippen LogP contribution in [0.3, 0.4) is 0 Å². The van der Waals surface area contributed by atoms with E-state index in [-0.39, 0.29) is 6.04 Å². The van der Waals surface area contributed by atoms with Crippen molar-refractivity contribution in [2.24, 2.45) is 5.73 Å². The number of nitrogens with zero attached hydrogens (tertiary/aromatic N) is 1. The summed E-state index contributed by atoms with van der Waals surface area (Å²) in [5, 5.41) is 0. The minimum Gasteiger partial charge on any atom is -0.383 e. The summed E-state index contributed by atoms with van der Waals surface area (Å²) >= 11 is 0. The number of methoxy groups -OCH3 is 1. The van der Waals surface area contributed by atoms with Crippen LogP contribution in [0.2, 0.25) is 0 Å². The van der Waals surface area contributed by atoms with Gasteiger partial charge in [0.15, 0.2) is 0 Å². The van der Waals surface area contributed by atoms with Gasteiger partial charge in [0, 0.05) is 26.2 Å². The SMILES string of the molecule is COCCN1CCC(N)C1c1ccc(C(C)C)cc1. The van der Waals surface area contributed by atoms with Crippen molar-refractivity contribution in [3.8, 4) is 0 Å².